The molecule has 5 nitrogen and oxygen atoms in total. The zero-order valence-electron chi connectivity index (χ0n) is 14.0. The summed E-state index contributed by atoms with van der Waals surface area (Å²) < 4.78 is 5.52. The molecule has 1 N–H and O–H groups in total. The van der Waals surface area contributed by atoms with Crippen molar-refractivity contribution in [1.82, 2.24) is 5.32 Å². The van der Waals surface area contributed by atoms with E-state index in [1.54, 1.807) is 53.4 Å². The molecule has 2 aromatic carbocycles. The first kappa shape index (κ1) is 18.5. The molecule has 26 heavy (non-hydrogen) atoms. The first-order valence-electron chi connectivity index (χ1n) is 8.27. The molecule has 0 saturated carbocycles. The highest BCUT2D eigenvalue weighted by molar-refractivity contribution is 6.30. The second-order valence-electron chi connectivity index (χ2n) is 5.90. The summed E-state index contributed by atoms with van der Waals surface area (Å²) in [5.74, 6) is -0.453. The van der Waals surface area contributed by atoms with Gasteiger partial charge in [-0.3, -0.25) is 9.59 Å². The van der Waals surface area contributed by atoms with E-state index in [2.05, 4.69) is 5.32 Å². The number of hydrogen-bond acceptors (Lipinski definition) is 3. The second kappa shape index (κ2) is 8.43. The van der Waals surface area contributed by atoms with Gasteiger partial charge in [0.15, 0.2) is 0 Å². The van der Waals surface area contributed by atoms with Gasteiger partial charge in [-0.15, -0.1) is 0 Å². The number of carbonyl (C=O) groups excluding carboxylic acids is 2. The lowest BCUT2D eigenvalue weighted by atomic mass is 10.1. The molecule has 1 atom stereocenters. The van der Waals surface area contributed by atoms with Gasteiger partial charge in [0.1, 0.15) is 18.3 Å². The van der Waals surface area contributed by atoms with Crippen molar-refractivity contribution in [2.75, 3.05) is 24.6 Å². The lowest BCUT2D eigenvalue weighted by Crippen LogP contribution is -2.38. The average molecular weight is 393 g/mol. The van der Waals surface area contributed by atoms with Crippen molar-refractivity contribution in [2.45, 2.75) is 6.42 Å². The number of amides is 2. The van der Waals surface area contributed by atoms with Crippen LogP contribution in [0.1, 0.15) is 6.42 Å². The summed E-state index contributed by atoms with van der Waals surface area (Å²) in [7, 11) is 0. The number of nitrogens with one attached hydrogen (secondary N) is 1. The van der Waals surface area contributed by atoms with Crippen LogP contribution in [0.15, 0.2) is 48.5 Å². The highest BCUT2D eigenvalue weighted by atomic mass is 35.5. The molecule has 1 unspecified atom stereocenters. The van der Waals surface area contributed by atoms with Gasteiger partial charge in [-0.1, -0.05) is 23.2 Å². The molecule has 1 aliphatic heterocycles. The van der Waals surface area contributed by atoms with Crippen LogP contribution < -0.4 is 15.0 Å². The molecule has 2 amide bonds. The molecule has 0 aliphatic carbocycles. The smallest absolute Gasteiger partial charge is 0.239 e. The Morgan fingerprint density at radius 1 is 1.08 bits per heavy atom. The predicted octanol–water partition coefficient (Wildman–Crippen LogP) is 3.54. The van der Waals surface area contributed by atoms with Crippen LogP contribution in [0.2, 0.25) is 10.0 Å². The van der Waals surface area contributed by atoms with E-state index in [0.717, 1.165) is 5.69 Å². The molecule has 0 radical (unpaired) electrons. The van der Waals surface area contributed by atoms with Gasteiger partial charge >= 0.3 is 0 Å². The van der Waals surface area contributed by atoms with Gasteiger partial charge in [0.2, 0.25) is 11.8 Å². The molecule has 2 aromatic rings. The van der Waals surface area contributed by atoms with E-state index in [1.165, 1.54) is 0 Å². The van der Waals surface area contributed by atoms with Crippen LogP contribution in [0.3, 0.4) is 0 Å². The van der Waals surface area contributed by atoms with E-state index in [0.29, 0.717) is 41.9 Å². The molecule has 1 heterocycles. The van der Waals surface area contributed by atoms with Crippen molar-refractivity contribution >= 4 is 40.7 Å². The Bertz CT molecular complexity index is 778. The maximum absolute atomic E-state index is 12.5. The summed E-state index contributed by atoms with van der Waals surface area (Å²) >= 11 is 11.7. The summed E-state index contributed by atoms with van der Waals surface area (Å²) in [5, 5.41) is 4.00. The lowest BCUT2D eigenvalue weighted by Gasteiger charge is -2.17. The number of anilines is 1. The Labute approximate surface area is 161 Å². The number of benzene rings is 2. The highest BCUT2D eigenvalue weighted by Crippen LogP contribution is 2.26. The van der Waals surface area contributed by atoms with Crippen LogP contribution in [-0.4, -0.2) is 31.5 Å². The van der Waals surface area contributed by atoms with E-state index in [1.807, 2.05) is 0 Å². The minimum atomic E-state index is -0.666. The molecule has 3 rings (SSSR count). The fourth-order valence-corrected chi connectivity index (χ4v) is 3.05. The normalized spacial score (nSPS) is 16.6. The van der Waals surface area contributed by atoms with Gasteiger partial charge in [-0.2, -0.15) is 0 Å². The molecule has 0 spiro atoms. The first-order chi connectivity index (χ1) is 12.5. The molecular weight excluding hydrogens is 375 g/mol. The third-order valence-corrected chi connectivity index (χ3v) is 4.65. The van der Waals surface area contributed by atoms with Crippen molar-refractivity contribution in [3.63, 3.8) is 0 Å². The fraction of sp³-hybridized carbons (Fsp3) is 0.263. The van der Waals surface area contributed by atoms with Crippen molar-refractivity contribution in [3.8, 4) is 5.75 Å². The average Bonchev–Trinajstić information content (AvgIpc) is 3.02. The zero-order valence-corrected chi connectivity index (χ0v) is 15.5. The first-order valence-corrected chi connectivity index (χ1v) is 9.03. The summed E-state index contributed by atoms with van der Waals surface area (Å²) in [6.45, 7) is 1.15. The highest BCUT2D eigenvalue weighted by Gasteiger charge is 2.37. The molecule has 0 bridgehead atoms. The van der Waals surface area contributed by atoms with Crippen LogP contribution in [0.5, 0.6) is 5.75 Å². The monoisotopic (exact) mass is 392 g/mol. The van der Waals surface area contributed by atoms with Crippen molar-refractivity contribution < 1.29 is 14.3 Å². The molecule has 1 fully saturated rings. The molecule has 7 heteroatoms. The van der Waals surface area contributed by atoms with Crippen LogP contribution in [0.4, 0.5) is 5.69 Å². The van der Waals surface area contributed by atoms with Crippen molar-refractivity contribution in [2.24, 2.45) is 5.92 Å². The molecular formula is C19H18Cl2N2O3. The van der Waals surface area contributed by atoms with Crippen LogP contribution in [0, 0.1) is 5.92 Å². The summed E-state index contributed by atoms with van der Waals surface area (Å²) in [4.78, 5) is 26.4. The standard InChI is InChI=1S/C19H18Cl2N2O3/c20-13-1-5-15(6-2-13)23-11-9-17(19(23)25)18(24)22-10-12-26-16-7-3-14(21)4-8-16/h1-8,17H,9-12H2,(H,22,24). The van der Waals surface area contributed by atoms with Gasteiger partial charge in [-0.05, 0) is 55.0 Å². The number of hydrogen-bond donors (Lipinski definition) is 1. The fourth-order valence-electron chi connectivity index (χ4n) is 2.80. The Kier molecular flexibility index (Phi) is 6.01. The third kappa shape index (κ3) is 4.48. The predicted molar refractivity (Wildman–Crippen MR) is 102 cm³/mol. The van der Waals surface area contributed by atoms with Crippen LogP contribution in [-0.2, 0) is 9.59 Å². The number of rotatable bonds is 6. The number of halogens is 2. The topological polar surface area (TPSA) is 58.6 Å². The summed E-state index contributed by atoms with van der Waals surface area (Å²) in [6, 6.07) is 14.0. The van der Waals surface area contributed by atoms with E-state index in [9.17, 15) is 9.59 Å². The minimum absolute atomic E-state index is 0.191. The van der Waals surface area contributed by atoms with Crippen molar-refractivity contribution in [3.05, 3.63) is 58.6 Å². The maximum atomic E-state index is 12.5. The van der Waals surface area contributed by atoms with Gasteiger partial charge < -0.3 is 15.0 Å². The third-order valence-electron chi connectivity index (χ3n) is 4.14. The van der Waals surface area contributed by atoms with E-state index in [4.69, 9.17) is 27.9 Å². The minimum Gasteiger partial charge on any atom is -0.492 e. The summed E-state index contributed by atoms with van der Waals surface area (Å²) in [5.41, 5.74) is 0.751. The second-order valence-corrected chi connectivity index (χ2v) is 6.77. The van der Waals surface area contributed by atoms with Crippen LogP contribution in [0.25, 0.3) is 0 Å². The molecule has 1 saturated heterocycles. The van der Waals surface area contributed by atoms with Gasteiger partial charge in [0, 0.05) is 22.3 Å². The molecule has 136 valence electrons. The Morgan fingerprint density at radius 2 is 1.69 bits per heavy atom. The SMILES string of the molecule is O=C(NCCOc1ccc(Cl)cc1)C1CCN(c2ccc(Cl)cc2)C1=O. The van der Waals surface area contributed by atoms with Gasteiger partial charge in [-0.25, -0.2) is 0 Å². The molecule has 0 aromatic heterocycles. The Balaban J connectivity index is 1.47. The maximum Gasteiger partial charge on any atom is 0.239 e. The van der Waals surface area contributed by atoms with E-state index < -0.39 is 5.92 Å². The van der Waals surface area contributed by atoms with Crippen molar-refractivity contribution in [1.29, 1.82) is 0 Å². The number of nitrogens with zero attached hydrogens (tertiary/aromatic N) is 1. The summed E-state index contributed by atoms with van der Waals surface area (Å²) in [6.07, 6.45) is 0.491. The number of carbonyl (C=O) groups is 2. The van der Waals surface area contributed by atoms with Gasteiger partial charge in [0.25, 0.3) is 0 Å². The lowest BCUT2D eigenvalue weighted by molar-refractivity contribution is -0.132. The molecule has 1 aliphatic rings. The number of ether oxygens (including phenoxy) is 1. The Morgan fingerprint density at radius 3 is 2.35 bits per heavy atom. The van der Waals surface area contributed by atoms with Crippen LogP contribution >= 0.6 is 23.2 Å². The van der Waals surface area contributed by atoms with E-state index >= 15 is 0 Å². The quantitative estimate of drug-likeness (QED) is 0.603. The van der Waals surface area contributed by atoms with Gasteiger partial charge in [0.05, 0.1) is 6.54 Å². The largest absolute Gasteiger partial charge is 0.492 e. The van der Waals surface area contributed by atoms with E-state index in [-0.39, 0.29) is 11.8 Å². The Hall–Kier alpha value is -2.24. The zero-order chi connectivity index (χ0) is 18.5.